The zero-order chi connectivity index (χ0) is 9.68. The number of hydrogen-bond acceptors (Lipinski definition) is 1. The van der Waals surface area contributed by atoms with Crippen molar-refractivity contribution < 1.29 is 5.11 Å². The molecule has 1 N–H and O–H groups in total. The second kappa shape index (κ2) is 5.28. The van der Waals surface area contributed by atoms with E-state index in [4.69, 9.17) is 0 Å². The zero-order valence-electron chi connectivity index (χ0n) is 7.89. The molecular formula is C11H15BrO. The van der Waals surface area contributed by atoms with Gasteiger partial charge >= 0.3 is 0 Å². The highest BCUT2D eigenvalue weighted by Gasteiger charge is 1.99. The van der Waals surface area contributed by atoms with E-state index in [1.54, 1.807) is 6.07 Å². The average molecular weight is 243 g/mol. The Bertz CT molecular complexity index is 271. The number of unbranched alkanes of at least 4 members (excludes halogenated alkanes) is 1. The smallest absolute Gasteiger partial charge is 0.115 e. The second-order valence-electron chi connectivity index (χ2n) is 3.26. The number of aromatic hydroxyl groups is 1. The molecule has 0 atom stereocenters. The van der Waals surface area contributed by atoms with Gasteiger partial charge in [0.15, 0.2) is 0 Å². The molecule has 0 heterocycles. The Morgan fingerprint density at radius 2 is 2.08 bits per heavy atom. The molecule has 0 amide bonds. The fraction of sp³-hybridized carbons (Fsp3) is 0.455. The van der Waals surface area contributed by atoms with Gasteiger partial charge in [-0.2, -0.15) is 0 Å². The first-order valence-electron chi connectivity index (χ1n) is 4.58. The standard InChI is InChI=1S/C11H15BrO/c1-9-5-6-11(13)8-10(9)4-2-3-7-12/h5-6,8,13H,2-4,7H2,1H3. The molecule has 0 unspecified atom stereocenters. The highest BCUT2D eigenvalue weighted by molar-refractivity contribution is 9.09. The maximum Gasteiger partial charge on any atom is 0.115 e. The summed E-state index contributed by atoms with van der Waals surface area (Å²) in [4.78, 5) is 0. The summed E-state index contributed by atoms with van der Waals surface area (Å²) in [7, 11) is 0. The van der Waals surface area contributed by atoms with Gasteiger partial charge in [-0.3, -0.25) is 0 Å². The number of rotatable bonds is 4. The molecule has 1 rings (SSSR count). The van der Waals surface area contributed by atoms with Gasteiger partial charge in [0.2, 0.25) is 0 Å². The fourth-order valence-corrected chi connectivity index (χ4v) is 1.73. The lowest BCUT2D eigenvalue weighted by atomic mass is 10.0. The van der Waals surface area contributed by atoms with Crippen LogP contribution in [0.2, 0.25) is 0 Å². The van der Waals surface area contributed by atoms with Crippen LogP contribution in [-0.4, -0.2) is 10.4 Å². The molecule has 0 saturated heterocycles. The third kappa shape index (κ3) is 3.39. The number of hydrogen-bond donors (Lipinski definition) is 1. The van der Waals surface area contributed by atoms with E-state index in [2.05, 4.69) is 22.9 Å². The maximum absolute atomic E-state index is 9.28. The van der Waals surface area contributed by atoms with Crippen molar-refractivity contribution in [3.63, 3.8) is 0 Å². The number of halogens is 1. The SMILES string of the molecule is Cc1ccc(O)cc1CCCCBr. The van der Waals surface area contributed by atoms with Gasteiger partial charge in [-0.1, -0.05) is 22.0 Å². The van der Waals surface area contributed by atoms with E-state index in [-0.39, 0.29) is 0 Å². The quantitative estimate of drug-likeness (QED) is 0.634. The minimum absolute atomic E-state index is 0.374. The number of aryl methyl sites for hydroxylation is 2. The summed E-state index contributed by atoms with van der Waals surface area (Å²) in [5.74, 6) is 0.374. The van der Waals surface area contributed by atoms with E-state index >= 15 is 0 Å². The molecule has 1 aromatic carbocycles. The van der Waals surface area contributed by atoms with Crippen LogP contribution in [0.4, 0.5) is 0 Å². The largest absolute Gasteiger partial charge is 0.508 e. The van der Waals surface area contributed by atoms with Gasteiger partial charge in [-0.05, 0) is 49.4 Å². The summed E-state index contributed by atoms with van der Waals surface area (Å²) in [6.45, 7) is 2.09. The van der Waals surface area contributed by atoms with Crippen molar-refractivity contribution >= 4 is 15.9 Å². The topological polar surface area (TPSA) is 20.2 Å². The number of phenolic OH excluding ortho intramolecular Hbond substituents is 1. The van der Waals surface area contributed by atoms with E-state index in [1.165, 1.54) is 24.0 Å². The van der Waals surface area contributed by atoms with Crippen LogP contribution in [-0.2, 0) is 6.42 Å². The Morgan fingerprint density at radius 3 is 2.77 bits per heavy atom. The Balaban J connectivity index is 2.59. The Labute approximate surface area is 87.9 Å². The predicted octanol–water partition coefficient (Wildman–Crippen LogP) is 3.42. The van der Waals surface area contributed by atoms with Crippen LogP contribution in [0.15, 0.2) is 18.2 Å². The van der Waals surface area contributed by atoms with Crippen LogP contribution < -0.4 is 0 Å². The Kier molecular flexibility index (Phi) is 4.29. The van der Waals surface area contributed by atoms with Crippen LogP contribution in [0.5, 0.6) is 5.75 Å². The van der Waals surface area contributed by atoms with Gasteiger partial charge in [-0.15, -0.1) is 0 Å². The molecule has 0 aliphatic carbocycles. The molecule has 1 aromatic rings. The molecule has 0 radical (unpaired) electrons. The van der Waals surface area contributed by atoms with Crippen LogP contribution >= 0.6 is 15.9 Å². The lowest BCUT2D eigenvalue weighted by Crippen LogP contribution is -1.89. The van der Waals surface area contributed by atoms with Crippen molar-refractivity contribution in [1.82, 2.24) is 0 Å². The first kappa shape index (κ1) is 10.6. The van der Waals surface area contributed by atoms with Crippen molar-refractivity contribution in [2.75, 3.05) is 5.33 Å². The van der Waals surface area contributed by atoms with Crippen LogP contribution in [0.25, 0.3) is 0 Å². The highest BCUT2D eigenvalue weighted by Crippen LogP contribution is 2.17. The molecule has 0 aliphatic heterocycles. The van der Waals surface area contributed by atoms with Gasteiger partial charge in [0.25, 0.3) is 0 Å². The van der Waals surface area contributed by atoms with Crippen molar-refractivity contribution in [2.45, 2.75) is 26.2 Å². The van der Waals surface area contributed by atoms with E-state index in [1.807, 2.05) is 12.1 Å². The third-order valence-corrected chi connectivity index (χ3v) is 2.72. The molecule has 13 heavy (non-hydrogen) atoms. The zero-order valence-corrected chi connectivity index (χ0v) is 9.47. The Hall–Kier alpha value is -0.500. The third-order valence-electron chi connectivity index (χ3n) is 2.16. The molecule has 0 bridgehead atoms. The minimum atomic E-state index is 0.374. The molecule has 0 spiro atoms. The molecule has 0 saturated carbocycles. The fourth-order valence-electron chi connectivity index (χ4n) is 1.34. The lowest BCUT2D eigenvalue weighted by Gasteiger charge is -2.05. The summed E-state index contributed by atoms with van der Waals surface area (Å²) in [6, 6.07) is 5.58. The minimum Gasteiger partial charge on any atom is -0.508 e. The van der Waals surface area contributed by atoms with Crippen LogP contribution in [0.3, 0.4) is 0 Å². The van der Waals surface area contributed by atoms with Gasteiger partial charge in [0, 0.05) is 5.33 Å². The molecule has 1 nitrogen and oxygen atoms in total. The molecule has 0 aliphatic rings. The van der Waals surface area contributed by atoms with Crippen molar-refractivity contribution in [1.29, 1.82) is 0 Å². The Morgan fingerprint density at radius 1 is 1.31 bits per heavy atom. The normalized spacial score (nSPS) is 10.3. The lowest BCUT2D eigenvalue weighted by molar-refractivity contribution is 0.474. The summed E-state index contributed by atoms with van der Waals surface area (Å²) < 4.78 is 0. The second-order valence-corrected chi connectivity index (χ2v) is 4.05. The number of benzene rings is 1. The number of phenols is 1. The predicted molar refractivity (Wildman–Crippen MR) is 59.6 cm³/mol. The summed E-state index contributed by atoms with van der Waals surface area (Å²) >= 11 is 3.41. The van der Waals surface area contributed by atoms with E-state index in [9.17, 15) is 5.11 Å². The molecule has 0 aromatic heterocycles. The summed E-state index contributed by atoms with van der Waals surface area (Å²) in [6.07, 6.45) is 3.43. The molecule has 0 fully saturated rings. The van der Waals surface area contributed by atoms with Crippen LogP contribution in [0.1, 0.15) is 24.0 Å². The average Bonchev–Trinajstić information content (AvgIpc) is 2.11. The monoisotopic (exact) mass is 242 g/mol. The maximum atomic E-state index is 9.28. The van der Waals surface area contributed by atoms with E-state index in [0.717, 1.165) is 11.8 Å². The van der Waals surface area contributed by atoms with Crippen molar-refractivity contribution in [2.24, 2.45) is 0 Å². The van der Waals surface area contributed by atoms with Gasteiger partial charge in [0.1, 0.15) is 5.75 Å². The van der Waals surface area contributed by atoms with E-state index in [0.29, 0.717) is 5.75 Å². The molecule has 2 heteroatoms. The molecular weight excluding hydrogens is 228 g/mol. The van der Waals surface area contributed by atoms with Gasteiger partial charge < -0.3 is 5.11 Å². The summed E-state index contributed by atoms with van der Waals surface area (Å²) in [5.41, 5.74) is 2.54. The van der Waals surface area contributed by atoms with Gasteiger partial charge in [0.05, 0.1) is 0 Å². The van der Waals surface area contributed by atoms with Crippen LogP contribution in [0, 0.1) is 6.92 Å². The first-order chi connectivity index (χ1) is 6.24. The highest BCUT2D eigenvalue weighted by atomic mass is 79.9. The van der Waals surface area contributed by atoms with Crippen molar-refractivity contribution in [3.05, 3.63) is 29.3 Å². The number of alkyl halides is 1. The van der Waals surface area contributed by atoms with E-state index < -0.39 is 0 Å². The molecule has 72 valence electrons. The first-order valence-corrected chi connectivity index (χ1v) is 5.70. The van der Waals surface area contributed by atoms with Crippen molar-refractivity contribution in [3.8, 4) is 5.75 Å². The van der Waals surface area contributed by atoms with Gasteiger partial charge in [-0.25, -0.2) is 0 Å². The summed E-state index contributed by atoms with van der Waals surface area (Å²) in [5, 5.41) is 10.3.